The SMILES string of the molecule is Cc1cc(N)cc(S(=O)(=O)N2CC(C)OCC2C)c1F. The molecular formula is C13H19FN2O3S. The minimum Gasteiger partial charge on any atom is -0.399 e. The molecule has 0 spiro atoms. The molecule has 20 heavy (non-hydrogen) atoms. The molecule has 5 nitrogen and oxygen atoms in total. The number of hydrogen-bond donors (Lipinski definition) is 1. The zero-order valence-electron chi connectivity index (χ0n) is 11.8. The van der Waals surface area contributed by atoms with Crippen molar-refractivity contribution in [1.29, 1.82) is 0 Å². The van der Waals surface area contributed by atoms with E-state index in [1.165, 1.54) is 23.4 Å². The summed E-state index contributed by atoms with van der Waals surface area (Å²) in [5.41, 5.74) is 6.09. The van der Waals surface area contributed by atoms with Crippen LogP contribution in [0.4, 0.5) is 10.1 Å². The van der Waals surface area contributed by atoms with E-state index in [2.05, 4.69) is 0 Å². The molecule has 1 aliphatic heterocycles. The Labute approximate surface area is 118 Å². The van der Waals surface area contributed by atoms with Gasteiger partial charge in [-0.15, -0.1) is 0 Å². The Morgan fingerprint density at radius 2 is 2.05 bits per heavy atom. The third-order valence-corrected chi connectivity index (χ3v) is 5.36. The molecule has 2 atom stereocenters. The van der Waals surface area contributed by atoms with Gasteiger partial charge in [0, 0.05) is 18.3 Å². The van der Waals surface area contributed by atoms with Gasteiger partial charge in [0.25, 0.3) is 0 Å². The molecule has 0 radical (unpaired) electrons. The van der Waals surface area contributed by atoms with Gasteiger partial charge in [-0.25, -0.2) is 12.8 Å². The van der Waals surface area contributed by atoms with Crippen molar-refractivity contribution in [3.63, 3.8) is 0 Å². The molecule has 2 unspecified atom stereocenters. The standard InChI is InChI=1S/C13H19FN2O3S/c1-8-4-11(15)5-12(13(8)14)20(17,18)16-6-10(3)19-7-9(16)2/h4-5,9-10H,6-7,15H2,1-3H3. The summed E-state index contributed by atoms with van der Waals surface area (Å²) in [6.07, 6.45) is -0.216. The van der Waals surface area contributed by atoms with Gasteiger partial charge in [0.05, 0.1) is 12.7 Å². The number of nitrogens with zero attached hydrogens (tertiary/aromatic N) is 1. The Morgan fingerprint density at radius 3 is 2.70 bits per heavy atom. The average Bonchev–Trinajstić information content (AvgIpc) is 2.36. The van der Waals surface area contributed by atoms with Crippen molar-refractivity contribution in [2.24, 2.45) is 0 Å². The van der Waals surface area contributed by atoms with Crippen LogP contribution in [-0.4, -0.2) is 38.0 Å². The molecule has 0 saturated carbocycles. The Hall–Kier alpha value is -1.18. The summed E-state index contributed by atoms with van der Waals surface area (Å²) in [5, 5.41) is 0. The van der Waals surface area contributed by atoms with Crippen LogP contribution in [0.1, 0.15) is 19.4 Å². The van der Waals surface area contributed by atoms with Crippen LogP contribution in [0.2, 0.25) is 0 Å². The minimum atomic E-state index is -3.92. The number of hydrogen-bond acceptors (Lipinski definition) is 4. The van der Waals surface area contributed by atoms with Gasteiger partial charge in [0.1, 0.15) is 10.7 Å². The topological polar surface area (TPSA) is 72.6 Å². The first-order valence-corrected chi connectivity index (χ1v) is 7.86. The highest BCUT2D eigenvalue weighted by molar-refractivity contribution is 7.89. The summed E-state index contributed by atoms with van der Waals surface area (Å²) in [6.45, 7) is 5.52. The van der Waals surface area contributed by atoms with Crippen molar-refractivity contribution in [2.75, 3.05) is 18.9 Å². The van der Waals surface area contributed by atoms with Crippen molar-refractivity contribution in [3.8, 4) is 0 Å². The number of anilines is 1. The number of benzene rings is 1. The first kappa shape index (κ1) is 15.2. The van der Waals surface area contributed by atoms with E-state index >= 15 is 0 Å². The molecule has 2 rings (SSSR count). The van der Waals surface area contributed by atoms with E-state index in [0.29, 0.717) is 6.61 Å². The monoisotopic (exact) mass is 302 g/mol. The summed E-state index contributed by atoms with van der Waals surface area (Å²) in [4.78, 5) is -0.365. The zero-order valence-corrected chi connectivity index (χ0v) is 12.6. The van der Waals surface area contributed by atoms with Crippen LogP contribution in [0.25, 0.3) is 0 Å². The number of rotatable bonds is 2. The lowest BCUT2D eigenvalue weighted by Crippen LogP contribution is -2.50. The quantitative estimate of drug-likeness (QED) is 0.841. The molecule has 7 heteroatoms. The molecule has 1 heterocycles. The predicted octanol–water partition coefficient (Wildman–Crippen LogP) is 1.51. The lowest BCUT2D eigenvalue weighted by Gasteiger charge is -2.35. The fraction of sp³-hybridized carbons (Fsp3) is 0.538. The van der Waals surface area contributed by atoms with Gasteiger partial charge < -0.3 is 10.5 Å². The van der Waals surface area contributed by atoms with E-state index in [0.717, 1.165) is 0 Å². The van der Waals surface area contributed by atoms with Gasteiger partial charge in [-0.2, -0.15) is 4.31 Å². The fourth-order valence-electron chi connectivity index (χ4n) is 2.29. The zero-order chi connectivity index (χ0) is 15.1. The molecule has 2 N–H and O–H groups in total. The number of halogens is 1. The van der Waals surface area contributed by atoms with E-state index in [-0.39, 0.29) is 34.8 Å². The summed E-state index contributed by atoms with van der Waals surface area (Å²) >= 11 is 0. The van der Waals surface area contributed by atoms with Crippen LogP contribution in [0.3, 0.4) is 0 Å². The van der Waals surface area contributed by atoms with E-state index in [9.17, 15) is 12.8 Å². The molecule has 0 amide bonds. The lowest BCUT2D eigenvalue weighted by atomic mass is 10.2. The summed E-state index contributed by atoms with van der Waals surface area (Å²) in [7, 11) is -3.92. The van der Waals surface area contributed by atoms with Crippen molar-refractivity contribution in [3.05, 3.63) is 23.5 Å². The van der Waals surface area contributed by atoms with E-state index in [1.807, 2.05) is 0 Å². The third kappa shape index (κ3) is 2.65. The third-order valence-electron chi connectivity index (χ3n) is 3.38. The second-order valence-corrected chi connectivity index (χ2v) is 7.08. The maximum absolute atomic E-state index is 14.2. The number of morpholine rings is 1. The Balaban J connectivity index is 2.50. The normalized spacial score (nSPS) is 24.8. The van der Waals surface area contributed by atoms with E-state index in [4.69, 9.17) is 10.5 Å². The predicted molar refractivity (Wildman–Crippen MR) is 74.3 cm³/mol. The van der Waals surface area contributed by atoms with Crippen molar-refractivity contribution < 1.29 is 17.5 Å². The van der Waals surface area contributed by atoms with Crippen LogP contribution < -0.4 is 5.73 Å². The van der Waals surface area contributed by atoms with Gasteiger partial charge in [-0.05, 0) is 38.5 Å². The van der Waals surface area contributed by atoms with Crippen LogP contribution in [0.15, 0.2) is 17.0 Å². The molecule has 1 aliphatic rings. The van der Waals surface area contributed by atoms with Crippen LogP contribution in [0.5, 0.6) is 0 Å². The summed E-state index contributed by atoms with van der Waals surface area (Å²) < 4.78 is 46.1. The number of nitrogen functional groups attached to an aromatic ring is 1. The van der Waals surface area contributed by atoms with Crippen LogP contribution >= 0.6 is 0 Å². The lowest BCUT2D eigenvalue weighted by molar-refractivity contribution is -0.0171. The molecular weight excluding hydrogens is 283 g/mol. The van der Waals surface area contributed by atoms with Gasteiger partial charge in [0.2, 0.25) is 10.0 Å². The highest BCUT2D eigenvalue weighted by Crippen LogP contribution is 2.27. The maximum Gasteiger partial charge on any atom is 0.246 e. The number of aryl methyl sites for hydroxylation is 1. The van der Waals surface area contributed by atoms with Crippen molar-refractivity contribution in [1.82, 2.24) is 4.31 Å². The molecule has 112 valence electrons. The first-order valence-electron chi connectivity index (χ1n) is 6.42. The Morgan fingerprint density at radius 1 is 1.40 bits per heavy atom. The van der Waals surface area contributed by atoms with Gasteiger partial charge in [0.15, 0.2) is 0 Å². The smallest absolute Gasteiger partial charge is 0.246 e. The number of ether oxygens (including phenoxy) is 1. The Kier molecular flexibility index (Phi) is 4.04. The second kappa shape index (κ2) is 5.31. The van der Waals surface area contributed by atoms with Gasteiger partial charge in [-0.1, -0.05) is 0 Å². The molecule has 1 aromatic carbocycles. The highest BCUT2D eigenvalue weighted by atomic mass is 32.2. The first-order chi connectivity index (χ1) is 9.23. The molecule has 0 aliphatic carbocycles. The van der Waals surface area contributed by atoms with Gasteiger partial charge in [-0.3, -0.25) is 0 Å². The highest BCUT2D eigenvalue weighted by Gasteiger charge is 2.36. The molecule has 0 bridgehead atoms. The van der Waals surface area contributed by atoms with E-state index in [1.54, 1.807) is 13.8 Å². The summed E-state index contributed by atoms with van der Waals surface area (Å²) in [6, 6.07) is 2.25. The largest absolute Gasteiger partial charge is 0.399 e. The van der Waals surface area contributed by atoms with Gasteiger partial charge >= 0.3 is 0 Å². The number of sulfonamides is 1. The minimum absolute atomic E-state index is 0.205. The average molecular weight is 302 g/mol. The maximum atomic E-state index is 14.2. The second-order valence-electron chi connectivity index (χ2n) is 5.22. The van der Waals surface area contributed by atoms with Crippen LogP contribution in [0, 0.1) is 12.7 Å². The molecule has 1 fully saturated rings. The summed E-state index contributed by atoms with van der Waals surface area (Å²) in [5.74, 6) is -0.745. The molecule has 0 aromatic heterocycles. The van der Waals surface area contributed by atoms with E-state index < -0.39 is 15.8 Å². The van der Waals surface area contributed by atoms with Crippen molar-refractivity contribution >= 4 is 15.7 Å². The number of nitrogens with two attached hydrogens (primary N) is 1. The molecule has 1 saturated heterocycles. The fourth-order valence-corrected chi connectivity index (χ4v) is 4.15. The Bertz CT molecular complexity index is 618. The van der Waals surface area contributed by atoms with Crippen LogP contribution in [-0.2, 0) is 14.8 Å². The van der Waals surface area contributed by atoms with Crippen molar-refractivity contribution in [2.45, 2.75) is 37.8 Å². The molecule has 1 aromatic rings.